The van der Waals surface area contributed by atoms with Crippen LogP contribution in [0, 0.1) is 24.0 Å². The number of carbonyl (C=O) groups is 1. The molecule has 2 rings (SSSR count). The second-order valence-electron chi connectivity index (χ2n) is 4.08. The summed E-state index contributed by atoms with van der Waals surface area (Å²) in [7, 11) is 0. The monoisotopic (exact) mass is 323 g/mol. The van der Waals surface area contributed by atoms with Gasteiger partial charge in [0.25, 0.3) is 5.69 Å². The normalized spacial score (nSPS) is 10.5. The molecule has 1 aromatic heterocycles. The van der Waals surface area contributed by atoms with Crippen LogP contribution in [0.1, 0.15) is 21.7 Å². The highest BCUT2D eigenvalue weighted by Crippen LogP contribution is 2.38. The van der Waals surface area contributed by atoms with Gasteiger partial charge in [0.1, 0.15) is 5.76 Å². The van der Waals surface area contributed by atoms with Gasteiger partial charge < -0.3 is 4.42 Å². The minimum Gasteiger partial charge on any atom is -0.453 e. The molecule has 0 saturated heterocycles. The van der Waals surface area contributed by atoms with Crippen molar-refractivity contribution in [2.75, 3.05) is 0 Å². The number of hydrogen-bond acceptors (Lipinski definition) is 4. The zero-order valence-electron chi connectivity index (χ0n) is 10.3. The number of nitrogens with zero attached hydrogens (tertiary/aromatic N) is 1. The molecule has 0 aliphatic heterocycles. The molecule has 2 aromatic rings. The molecule has 5 nitrogen and oxygen atoms in total. The van der Waals surface area contributed by atoms with Gasteiger partial charge in [0, 0.05) is 10.5 Å². The van der Waals surface area contributed by atoms with E-state index < -0.39 is 4.92 Å². The predicted octanol–water partition coefficient (Wildman–Crippen LogP) is 4.05. The molecule has 0 amide bonds. The molecule has 0 bridgehead atoms. The Morgan fingerprint density at radius 2 is 2.00 bits per heavy atom. The molecule has 19 heavy (non-hydrogen) atoms. The van der Waals surface area contributed by atoms with Gasteiger partial charge in [0.2, 0.25) is 0 Å². The van der Waals surface area contributed by atoms with E-state index in [0.717, 1.165) is 11.1 Å². The first kappa shape index (κ1) is 13.5. The number of halogens is 1. The molecule has 0 aliphatic carbocycles. The maximum atomic E-state index is 11.2. The van der Waals surface area contributed by atoms with E-state index in [1.807, 2.05) is 6.92 Å². The second kappa shape index (κ2) is 4.97. The number of rotatable bonds is 3. The lowest BCUT2D eigenvalue weighted by Crippen LogP contribution is -1.97. The van der Waals surface area contributed by atoms with Crippen molar-refractivity contribution in [3.63, 3.8) is 0 Å². The van der Waals surface area contributed by atoms with Crippen LogP contribution in [0.2, 0.25) is 0 Å². The van der Waals surface area contributed by atoms with Crippen LogP contribution in [0.15, 0.2) is 27.1 Å². The van der Waals surface area contributed by atoms with Gasteiger partial charge in [-0.05, 0) is 37.1 Å². The third kappa shape index (κ3) is 2.31. The third-order valence-electron chi connectivity index (χ3n) is 3.00. The molecular weight excluding hydrogens is 314 g/mol. The molecule has 0 N–H and O–H groups in total. The standard InChI is InChI=1S/C13H10BrNO4/c1-7-8(2)13(11(15(17)18)5-10(7)14)12-4-3-9(6-16)19-12/h3-6H,1-2H3. The Balaban J connectivity index is 2.76. The van der Waals surface area contributed by atoms with Crippen LogP contribution in [0.3, 0.4) is 0 Å². The fraction of sp³-hybridized carbons (Fsp3) is 0.154. The average Bonchev–Trinajstić information content (AvgIpc) is 2.83. The summed E-state index contributed by atoms with van der Waals surface area (Å²) in [4.78, 5) is 21.3. The summed E-state index contributed by atoms with van der Waals surface area (Å²) in [5, 5.41) is 11.2. The first-order valence-electron chi connectivity index (χ1n) is 5.45. The highest BCUT2D eigenvalue weighted by Gasteiger charge is 2.23. The molecular formula is C13H10BrNO4. The summed E-state index contributed by atoms with van der Waals surface area (Å²) in [6.45, 7) is 3.64. The van der Waals surface area contributed by atoms with Gasteiger partial charge in [-0.15, -0.1) is 0 Å². The summed E-state index contributed by atoms with van der Waals surface area (Å²) in [5.41, 5.74) is 1.98. The molecule has 0 spiro atoms. The Kier molecular flexibility index (Phi) is 3.53. The van der Waals surface area contributed by atoms with Gasteiger partial charge in [0.15, 0.2) is 12.0 Å². The number of nitro groups is 1. The number of carbonyl (C=O) groups excluding carboxylic acids is 1. The van der Waals surface area contributed by atoms with Crippen molar-refractivity contribution >= 4 is 27.9 Å². The van der Waals surface area contributed by atoms with Crippen LogP contribution in [-0.2, 0) is 0 Å². The molecule has 1 heterocycles. The summed E-state index contributed by atoms with van der Waals surface area (Å²) in [6, 6.07) is 4.50. The minimum absolute atomic E-state index is 0.0539. The van der Waals surface area contributed by atoms with Crippen LogP contribution in [0.4, 0.5) is 5.69 Å². The Labute approximate surface area is 117 Å². The maximum Gasteiger partial charge on any atom is 0.281 e. The number of hydrogen-bond donors (Lipinski definition) is 0. The lowest BCUT2D eigenvalue weighted by molar-refractivity contribution is -0.384. The van der Waals surface area contributed by atoms with Gasteiger partial charge in [0.05, 0.1) is 10.5 Å². The Hall–Kier alpha value is -1.95. The number of benzene rings is 1. The molecule has 98 valence electrons. The summed E-state index contributed by atoms with van der Waals surface area (Å²) in [5.74, 6) is 0.464. The molecule has 0 aliphatic rings. The molecule has 0 unspecified atom stereocenters. The summed E-state index contributed by atoms with van der Waals surface area (Å²) in [6.07, 6.45) is 0.566. The quantitative estimate of drug-likeness (QED) is 0.485. The van der Waals surface area contributed by atoms with E-state index in [4.69, 9.17) is 4.42 Å². The largest absolute Gasteiger partial charge is 0.453 e. The summed E-state index contributed by atoms with van der Waals surface area (Å²) >= 11 is 3.30. The lowest BCUT2D eigenvalue weighted by Gasteiger charge is -2.09. The van der Waals surface area contributed by atoms with Crippen LogP contribution in [-0.4, -0.2) is 11.2 Å². The molecule has 0 radical (unpaired) electrons. The molecule has 6 heteroatoms. The van der Waals surface area contributed by atoms with Crippen molar-refractivity contribution in [3.8, 4) is 11.3 Å². The van der Waals surface area contributed by atoms with E-state index in [9.17, 15) is 14.9 Å². The number of nitro benzene ring substituents is 1. The van der Waals surface area contributed by atoms with Crippen LogP contribution in [0.5, 0.6) is 0 Å². The summed E-state index contributed by atoms with van der Waals surface area (Å²) < 4.78 is 5.97. The molecule has 0 atom stereocenters. The van der Waals surface area contributed by atoms with E-state index in [-0.39, 0.29) is 11.4 Å². The fourth-order valence-corrected chi connectivity index (χ4v) is 2.38. The van der Waals surface area contributed by atoms with Gasteiger partial charge in [-0.2, -0.15) is 0 Å². The number of aldehydes is 1. The zero-order valence-corrected chi connectivity index (χ0v) is 11.9. The maximum absolute atomic E-state index is 11.2. The van der Waals surface area contributed by atoms with E-state index >= 15 is 0 Å². The van der Waals surface area contributed by atoms with E-state index in [0.29, 0.717) is 22.1 Å². The fourth-order valence-electron chi connectivity index (χ4n) is 1.86. The van der Waals surface area contributed by atoms with Gasteiger partial charge in [-0.3, -0.25) is 14.9 Å². The van der Waals surface area contributed by atoms with Crippen molar-refractivity contribution in [1.82, 2.24) is 0 Å². The second-order valence-corrected chi connectivity index (χ2v) is 4.93. The molecule has 1 aromatic carbocycles. The first-order valence-corrected chi connectivity index (χ1v) is 6.24. The van der Waals surface area contributed by atoms with Crippen molar-refractivity contribution < 1.29 is 14.1 Å². The van der Waals surface area contributed by atoms with Crippen molar-refractivity contribution in [3.05, 3.63) is 49.7 Å². The minimum atomic E-state index is -0.463. The van der Waals surface area contributed by atoms with Crippen molar-refractivity contribution in [2.45, 2.75) is 13.8 Å². The van der Waals surface area contributed by atoms with Crippen LogP contribution >= 0.6 is 15.9 Å². The van der Waals surface area contributed by atoms with Crippen molar-refractivity contribution in [1.29, 1.82) is 0 Å². The zero-order chi connectivity index (χ0) is 14.2. The van der Waals surface area contributed by atoms with E-state index in [2.05, 4.69) is 15.9 Å². The SMILES string of the molecule is Cc1c(Br)cc([N+](=O)[O-])c(-c2ccc(C=O)o2)c1C. The number of furan rings is 1. The average molecular weight is 324 g/mol. The van der Waals surface area contributed by atoms with Gasteiger partial charge in [-0.1, -0.05) is 15.9 Å². The highest BCUT2D eigenvalue weighted by atomic mass is 79.9. The van der Waals surface area contributed by atoms with E-state index in [1.165, 1.54) is 12.1 Å². The Morgan fingerprint density at radius 1 is 1.32 bits per heavy atom. The van der Waals surface area contributed by atoms with Gasteiger partial charge in [-0.25, -0.2) is 0 Å². The molecule has 0 saturated carbocycles. The van der Waals surface area contributed by atoms with Crippen molar-refractivity contribution in [2.24, 2.45) is 0 Å². The topological polar surface area (TPSA) is 73.3 Å². The Morgan fingerprint density at radius 3 is 2.53 bits per heavy atom. The van der Waals surface area contributed by atoms with E-state index in [1.54, 1.807) is 13.0 Å². The Bertz CT molecular complexity index is 676. The molecule has 0 fully saturated rings. The smallest absolute Gasteiger partial charge is 0.281 e. The predicted molar refractivity (Wildman–Crippen MR) is 73.4 cm³/mol. The highest BCUT2D eigenvalue weighted by molar-refractivity contribution is 9.10. The lowest BCUT2D eigenvalue weighted by atomic mass is 9.99. The third-order valence-corrected chi connectivity index (χ3v) is 3.83. The van der Waals surface area contributed by atoms with Crippen LogP contribution < -0.4 is 0 Å². The first-order chi connectivity index (χ1) is 8.95. The van der Waals surface area contributed by atoms with Gasteiger partial charge >= 0.3 is 0 Å². The van der Waals surface area contributed by atoms with Crippen LogP contribution in [0.25, 0.3) is 11.3 Å².